The van der Waals surface area contributed by atoms with E-state index in [9.17, 15) is 18.5 Å². The number of benzene rings is 1. The number of hydrogen-bond acceptors (Lipinski definition) is 5. The van der Waals surface area contributed by atoms with E-state index in [-0.39, 0.29) is 15.4 Å². The number of sulfone groups is 1. The normalized spacial score (nSPS) is 13.3. The monoisotopic (exact) mass is 334 g/mol. The van der Waals surface area contributed by atoms with Gasteiger partial charge in [0.1, 0.15) is 0 Å². The minimum atomic E-state index is -3.45. The van der Waals surface area contributed by atoms with Crippen molar-refractivity contribution < 1.29 is 23.2 Å². The number of rotatable bonds is 5. The van der Waals surface area contributed by atoms with Crippen molar-refractivity contribution >= 4 is 34.0 Å². The van der Waals surface area contributed by atoms with E-state index in [1.807, 2.05) is 0 Å². The molecule has 0 aliphatic heterocycles. The van der Waals surface area contributed by atoms with Crippen molar-refractivity contribution in [1.29, 1.82) is 0 Å². The topological polar surface area (TPSA) is 83.8 Å². The first-order chi connectivity index (χ1) is 9.24. The molecule has 1 rings (SSSR count). The fourth-order valence-corrected chi connectivity index (χ4v) is 2.43. The molecule has 2 N–H and O–H groups in total. The summed E-state index contributed by atoms with van der Waals surface area (Å²) in [6.45, 7) is 6.36. The SMILES string of the molecule is CC(C)(O)C(C)(C)OB(O)c1cc(Cl)cc(S(C)(=O)=O)c1. The lowest BCUT2D eigenvalue weighted by atomic mass is 9.76. The molecule has 0 aromatic heterocycles. The maximum absolute atomic E-state index is 11.6. The first-order valence-electron chi connectivity index (χ1n) is 6.33. The van der Waals surface area contributed by atoms with Crippen LogP contribution in [-0.4, -0.2) is 43.1 Å². The Bertz CT molecular complexity index is 622. The Morgan fingerprint density at radius 1 is 1.19 bits per heavy atom. The lowest BCUT2D eigenvalue weighted by molar-refractivity contribution is -0.0982. The predicted molar refractivity (Wildman–Crippen MR) is 83.6 cm³/mol. The molecule has 0 radical (unpaired) electrons. The fraction of sp³-hybridized carbons (Fsp3) is 0.538. The van der Waals surface area contributed by atoms with Crippen LogP contribution in [0.3, 0.4) is 0 Å². The van der Waals surface area contributed by atoms with Crippen LogP contribution in [0.15, 0.2) is 23.1 Å². The third kappa shape index (κ3) is 4.69. The molecular formula is C13H20BClO5S. The smallest absolute Gasteiger partial charge is 0.423 e. The van der Waals surface area contributed by atoms with Crippen LogP contribution in [0, 0.1) is 0 Å². The fourth-order valence-electron chi connectivity index (χ4n) is 1.43. The second kappa shape index (κ2) is 5.89. The van der Waals surface area contributed by atoms with Crippen molar-refractivity contribution in [2.45, 2.75) is 43.8 Å². The van der Waals surface area contributed by atoms with Crippen LogP contribution in [0.25, 0.3) is 0 Å². The zero-order valence-electron chi connectivity index (χ0n) is 12.7. The van der Waals surface area contributed by atoms with Gasteiger partial charge in [0.15, 0.2) is 9.84 Å². The third-order valence-corrected chi connectivity index (χ3v) is 4.80. The van der Waals surface area contributed by atoms with E-state index in [1.54, 1.807) is 27.7 Å². The predicted octanol–water partition coefficient (Wildman–Crippen LogP) is 0.997. The quantitative estimate of drug-likeness (QED) is 0.785. The van der Waals surface area contributed by atoms with Crippen molar-refractivity contribution in [1.82, 2.24) is 0 Å². The van der Waals surface area contributed by atoms with Gasteiger partial charge >= 0.3 is 7.12 Å². The molecule has 0 bridgehead atoms. The molecule has 21 heavy (non-hydrogen) atoms. The standard InChI is InChI=1S/C13H20BClO5S/c1-12(2,16)13(3,4)20-14(17)9-6-10(15)8-11(7-9)21(5,18)19/h6-8,16-17H,1-5H3. The summed E-state index contributed by atoms with van der Waals surface area (Å²) in [7, 11) is -4.87. The van der Waals surface area contributed by atoms with Crippen molar-refractivity contribution in [3.63, 3.8) is 0 Å². The minimum absolute atomic E-state index is 0.00582. The molecule has 118 valence electrons. The molecule has 0 amide bonds. The van der Waals surface area contributed by atoms with Crippen molar-refractivity contribution in [3.8, 4) is 0 Å². The van der Waals surface area contributed by atoms with Crippen LogP contribution in [0.5, 0.6) is 0 Å². The molecule has 5 nitrogen and oxygen atoms in total. The summed E-state index contributed by atoms with van der Waals surface area (Å²) < 4.78 is 28.6. The van der Waals surface area contributed by atoms with E-state index in [1.165, 1.54) is 18.2 Å². The largest absolute Gasteiger partial charge is 0.491 e. The summed E-state index contributed by atoms with van der Waals surface area (Å²) in [6.07, 6.45) is 1.05. The summed E-state index contributed by atoms with van der Waals surface area (Å²) in [5, 5.41) is 20.3. The van der Waals surface area contributed by atoms with Gasteiger partial charge in [0.2, 0.25) is 0 Å². The van der Waals surface area contributed by atoms with Gasteiger partial charge in [0, 0.05) is 11.3 Å². The molecule has 1 aromatic rings. The van der Waals surface area contributed by atoms with Gasteiger partial charge in [-0.1, -0.05) is 11.6 Å². The van der Waals surface area contributed by atoms with Crippen LogP contribution >= 0.6 is 11.6 Å². The molecule has 0 saturated heterocycles. The van der Waals surface area contributed by atoms with Crippen LogP contribution < -0.4 is 5.46 Å². The second-order valence-corrected chi connectivity index (χ2v) is 8.48. The first-order valence-corrected chi connectivity index (χ1v) is 8.60. The van der Waals surface area contributed by atoms with Crippen LogP contribution in [0.4, 0.5) is 0 Å². The Morgan fingerprint density at radius 2 is 1.71 bits per heavy atom. The van der Waals surface area contributed by atoms with Gasteiger partial charge in [-0.05, 0) is 51.4 Å². The van der Waals surface area contributed by atoms with E-state index < -0.39 is 28.2 Å². The highest BCUT2D eigenvalue weighted by Gasteiger charge is 2.39. The highest BCUT2D eigenvalue weighted by Crippen LogP contribution is 2.25. The van der Waals surface area contributed by atoms with E-state index in [0.717, 1.165) is 6.26 Å². The maximum atomic E-state index is 11.6. The lowest BCUT2D eigenvalue weighted by Gasteiger charge is -2.38. The van der Waals surface area contributed by atoms with Gasteiger partial charge in [-0.3, -0.25) is 0 Å². The summed E-state index contributed by atoms with van der Waals surface area (Å²) >= 11 is 5.88. The van der Waals surface area contributed by atoms with Gasteiger partial charge < -0.3 is 14.8 Å². The van der Waals surface area contributed by atoms with Crippen molar-refractivity contribution in [2.24, 2.45) is 0 Å². The molecule has 0 atom stereocenters. The van der Waals surface area contributed by atoms with Gasteiger partial charge in [0.25, 0.3) is 0 Å². The Morgan fingerprint density at radius 3 is 2.14 bits per heavy atom. The van der Waals surface area contributed by atoms with E-state index in [0.29, 0.717) is 0 Å². The summed E-state index contributed by atoms with van der Waals surface area (Å²) in [5.74, 6) is 0. The molecule has 1 aromatic carbocycles. The number of hydrogen-bond donors (Lipinski definition) is 2. The average Bonchev–Trinajstić information content (AvgIpc) is 2.24. The first kappa shape index (κ1) is 18.5. The van der Waals surface area contributed by atoms with Crippen molar-refractivity contribution in [2.75, 3.05) is 6.26 Å². The van der Waals surface area contributed by atoms with Crippen LogP contribution in [-0.2, 0) is 14.5 Å². The van der Waals surface area contributed by atoms with Crippen LogP contribution in [0.2, 0.25) is 5.02 Å². The molecule has 0 unspecified atom stereocenters. The molecule has 8 heteroatoms. The van der Waals surface area contributed by atoms with Crippen LogP contribution in [0.1, 0.15) is 27.7 Å². The summed E-state index contributed by atoms with van der Waals surface area (Å²) in [5.41, 5.74) is -2.05. The minimum Gasteiger partial charge on any atom is -0.423 e. The zero-order valence-corrected chi connectivity index (χ0v) is 14.3. The summed E-state index contributed by atoms with van der Waals surface area (Å²) in [4.78, 5) is -0.00582. The molecule has 0 fully saturated rings. The lowest BCUT2D eigenvalue weighted by Crippen LogP contribution is -2.53. The van der Waals surface area contributed by atoms with Gasteiger partial charge in [-0.15, -0.1) is 0 Å². The third-order valence-electron chi connectivity index (χ3n) is 3.49. The van der Waals surface area contributed by atoms with E-state index in [4.69, 9.17) is 16.3 Å². The zero-order chi connectivity index (χ0) is 16.6. The van der Waals surface area contributed by atoms with Gasteiger partial charge in [-0.25, -0.2) is 8.42 Å². The van der Waals surface area contributed by atoms with E-state index in [2.05, 4.69) is 0 Å². The number of aliphatic hydroxyl groups is 1. The molecule has 0 heterocycles. The Kier molecular flexibility index (Phi) is 5.18. The average molecular weight is 335 g/mol. The molecular weight excluding hydrogens is 314 g/mol. The summed E-state index contributed by atoms with van der Waals surface area (Å²) in [6, 6.07) is 4.02. The van der Waals surface area contributed by atoms with Gasteiger partial charge in [0.05, 0.1) is 16.1 Å². The van der Waals surface area contributed by atoms with Gasteiger partial charge in [-0.2, -0.15) is 0 Å². The second-order valence-electron chi connectivity index (χ2n) is 6.03. The highest BCUT2D eigenvalue weighted by atomic mass is 35.5. The Balaban J connectivity index is 3.15. The number of halogens is 1. The highest BCUT2D eigenvalue weighted by molar-refractivity contribution is 7.90. The molecule has 0 spiro atoms. The Labute approximate surface area is 131 Å². The van der Waals surface area contributed by atoms with Crippen molar-refractivity contribution in [3.05, 3.63) is 23.2 Å². The van der Waals surface area contributed by atoms with E-state index >= 15 is 0 Å². The molecule has 0 saturated carbocycles. The molecule has 0 aliphatic carbocycles. The Hall–Kier alpha value is -0.595. The molecule has 0 aliphatic rings. The maximum Gasteiger partial charge on any atom is 0.491 e.